The van der Waals surface area contributed by atoms with Gasteiger partial charge in [0.25, 0.3) is 0 Å². The molecule has 2 N–H and O–H groups in total. The van der Waals surface area contributed by atoms with Gasteiger partial charge in [-0.3, -0.25) is 5.32 Å². The highest BCUT2D eigenvalue weighted by Gasteiger charge is 2.38. The summed E-state index contributed by atoms with van der Waals surface area (Å²) in [4.78, 5) is 11.6. The molecule has 1 aliphatic carbocycles. The molecule has 18 heavy (non-hydrogen) atoms. The molecule has 1 unspecified atom stereocenters. The molecule has 0 saturated heterocycles. The van der Waals surface area contributed by atoms with Crippen molar-refractivity contribution < 1.29 is 9.90 Å². The first-order chi connectivity index (χ1) is 8.43. The Labute approximate surface area is 120 Å². The van der Waals surface area contributed by atoms with Crippen molar-refractivity contribution in [2.75, 3.05) is 6.54 Å². The largest absolute Gasteiger partial charge is 0.480 e. The Balaban J connectivity index is 2.29. The fraction of sp³-hybridized carbons (Fsp3) is 0.462. The topological polar surface area (TPSA) is 49.3 Å². The zero-order chi connectivity index (χ0) is 13.3. The van der Waals surface area contributed by atoms with E-state index in [0.717, 1.165) is 11.0 Å². The first-order valence-corrected chi connectivity index (χ1v) is 7.04. The number of hydrogen-bond donors (Lipinski definition) is 2. The minimum Gasteiger partial charge on any atom is -0.480 e. The van der Waals surface area contributed by atoms with E-state index in [4.69, 9.17) is 11.6 Å². The molecule has 1 saturated carbocycles. The second kappa shape index (κ2) is 5.19. The van der Waals surface area contributed by atoms with Crippen molar-refractivity contribution in [1.29, 1.82) is 0 Å². The van der Waals surface area contributed by atoms with Gasteiger partial charge in [-0.2, -0.15) is 0 Å². The van der Waals surface area contributed by atoms with Crippen LogP contribution in [0, 0.1) is 5.92 Å². The van der Waals surface area contributed by atoms with E-state index in [2.05, 4.69) is 21.2 Å². The molecule has 1 fully saturated rings. The highest BCUT2D eigenvalue weighted by Crippen LogP contribution is 2.33. The van der Waals surface area contributed by atoms with E-state index in [9.17, 15) is 9.90 Å². The summed E-state index contributed by atoms with van der Waals surface area (Å²) in [5, 5.41) is 13.1. The smallest absolute Gasteiger partial charge is 0.328 e. The molecule has 0 bridgehead atoms. The molecule has 0 aliphatic heterocycles. The maximum atomic E-state index is 11.6. The van der Waals surface area contributed by atoms with Crippen LogP contribution in [0.5, 0.6) is 0 Å². The Bertz CT molecular complexity index is 476. The van der Waals surface area contributed by atoms with E-state index in [1.807, 2.05) is 0 Å². The number of aliphatic carboxylic acids is 1. The molecule has 98 valence electrons. The van der Waals surface area contributed by atoms with E-state index in [1.165, 1.54) is 12.8 Å². The summed E-state index contributed by atoms with van der Waals surface area (Å²) in [7, 11) is 0. The lowest BCUT2D eigenvalue weighted by Crippen LogP contribution is -2.47. The van der Waals surface area contributed by atoms with Crippen molar-refractivity contribution in [1.82, 2.24) is 5.32 Å². The normalized spacial score (nSPS) is 18.4. The molecule has 0 radical (unpaired) electrons. The van der Waals surface area contributed by atoms with E-state index in [-0.39, 0.29) is 0 Å². The van der Waals surface area contributed by atoms with Gasteiger partial charge < -0.3 is 5.11 Å². The van der Waals surface area contributed by atoms with Crippen LogP contribution in [0.3, 0.4) is 0 Å². The number of nitrogens with one attached hydrogen (secondary N) is 1. The molecular formula is C13H15BrClNO2. The molecule has 1 aliphatic rings. The molecule has 2 rings (SSSR count). The number of carbonyl (C=O) groups is 1. The van der Waals surface area contributed by atoms with Crippen LogP contribution in [0.25, 0.3) is 0 Å². The SMILES string of the molecule is CC(NCC1CC1)(C(=O)O)c1ccc(Br)cc1Cl. The highest BCUT2D eigenvalue weighted by molar-refractivity contribution is 9.10. The predicted octanol–water partition coefficient (Wildman–Crippen LogP) is 3.40. The summed E-state index contributed by atoms with van der Waals surface area (Å²) in [5.74, 6) is -0.301. The molecule has 3 nitrogen and oxygen atoms in total. The van der Waals surface area contributed by atoms with E-state index >= 15 is 0 Å². The second-order valence-corrected chi connectivity index (χ2v) is 6.20. The van der Waals surface area contributed by atoms with Crippen molar-refractivity contribution >= 4 is 33.5 Å². The quantitative estimate of drug-likeness (QED) is 0.869. The molecule has 0 amide bonds. The van der Waals surface area contributed by atoms with Gasteiger partial charge in [0.05, 0.1) is 0 Å². The summed E-state index contributed by atoms with van der Waals surface area (Å²) in [5.41, 5.74) is -0.541. The van der Waals surface area contributed by atoms with Crippen molar-refractivity contribution in [3.8, 4) is 0 Å². The molecule has 0 heterocycles. The maximum Gasteiger partial charge on any atom is 0.328 e. The molecule has 1 atom stereocenters. The average Bonchev–Trinajstić information content (AvgIpc) is 3.09. The summed E-state index contributed by atoms with van der Waals surface area (Å²) in [6, 6.07) is 5.28. The van der Waals surface area contributed by atoms with E-state index < -0.39 is 11.5 Å². The van der Waals surface area contributed by atoms with Crippen LogP contribution in [0.4, 0.5) is 0 Å². The van der Waals surface area contributed by atoms with Crippen LogP contribution in [-0.4, -0.2) is 17.6 Å². The number of benzene rings is 1. The Morgan fingerprint density at radius 1 is 1.61 bits per heavy atom. The average molecular weight is 333 g/mol. The standard InChI is InChI=1S/C13H15BrClNO2/c1-13(12(17)18,16-7-8-2-3-8)10-5-4-9(14)6-11(10)15/h4-6,8,16H,2-3,7H2,1H3,(H,17,18). The van der Waals surface area contributed by atoms with Gasteiger partial charge in [-0.15, -0.1) is 0 Å². The first kappa shape index (κ1) is 13.8. The van der Waals surface area contributed by atoms with Crippen molar-refractivity contribution in [2.24, 2.45) is 5.92 Å². The lowest BCUT2D eigenvalue weighted by molar-refractivity contribution is -0.144. The number of carboxylic acid groups (broad SMARTS) is 1. The summed E-state index contributed by atoms with van der Waals surface area (Å²) in [6.45, 7) is 2.38. The Morgan fingerprint density at radius 3 is 2.78 bits per heavy atom. The van der Waals surface area contributed by atoms with Gasteiger partial charge in [0.1, 0.15) is 5.54 Å². The summed E-state index contributed by atoms with van der Waals surface area (Å²) < 4.78 is 0.839. The first-order valence-electron chi connectivity index (χ1n) is 5.87. The molecule has 0 aromatic heterocycles. The van der Waals surface area contributed by atoms with Gasteiger partial charge in [-0.1, -0.05) is 33.6 Å². The van der Waals surface area contributed by atoms with Gasteiger partial charge in [0, 0.05) is 15.1 Å². The zero-order valence-electron chi connectivity index (χ0n) is 10.0. The number of carboxylic acids is 1. The van der Waals surface area contributed by atoms with Crippen LogP contribution in [0.15, 0.2) is 22.7 Å². The maximum absolute atomic E-state index is 11.6. The molecule has 0 spiro atoms. The van der Waals surface area contributed by atoms with Crippen LogP contribution < -0.4 is 5.32 Å². The number of halogens is 2. The fourth-order valence-corrected chi connectivity index (χ4v) is 2.71. The van der Waals surface area contributed by atoms with Gasteiger partial charge >= 0.3 is 5.97 Å². The third-order valence-electron chi connectivity index (χ3n) is 3.34. The minimum absolute atomic E-state index is 0.456. The summed E-state index contributed by atoms with van der Waals surface area (Å²) in [6.07, 6.45) is 2.35. The van der Waals surface area contributed by atoms with Gasteiger partial charge in [-0.05, 0) is 44.4 Å². The summed E-state index contributed by atoms with van der Waals surface area (Å²) >= 11 is 9.48. The molecular weight excluding hydrogens is 318 g/mol. The van der Waals surface area contributed by atoms with Crippen molar-refractivity contribution in [2.45, 2.75) is 25.3 Å². The van der Waals surface area contributed by atoms with Crippen molar-refractivity contribution in [3.05, 3.63) is 33.3 Å². The third-order valence-corrected chi connectivity index (χ3v) is 4.14. The van der Waals surface area contributed by atoms with Gasteiger partial charge in [0.15, 0.2) is 0 Å². The zero-order valence-corrected chi connectivity index (χ0v) is 12.4. The van der Waals surface area contributed by atoms with E-state index in [1.54, 1.807) is 25.1 Å². The number of hydrogen-bond acceptors (Lipinski definition) is 2. The van der Waals surface area contributed by atoms with Crippen LogP contribution in [0.1, 0.15) is 25.3 Å². The van der Waals surface area contributed by atoms with Crippen LogP contribution in [-0.2, 0) is 10.3 Å². The van der Waals surface area contributed by atoms with Crippen molar-refractivity contribution in [3.63, 3.8) is 0 Å². The van der Waals surface area contributed by atoms with Gasteiger partial charge in [0.2, 0.25) is 0 Å². The number of rotatable bonds is 5. The highest BCUT2D eigenvalue weighted by atomic mass is 79.9. The molecule has 5 heteroatoms. The Morgan fingerprint density at radius 2 is 2.28 bits per heavy atom. The lowest BCUT2D eigenvalue weighted by atomic mass is 9.91. The Hall–Kier alpha value is -0.580. The lowest BCUT2D eigenvalue weighted by Gasteiger charge is -2.28. The van der Waals surface area contributed by atoms with Crippen LogP contribution in [0.2, 0.25) is 5.02 Å². The van der Waals surface area contributed by atoms with Crippen LogP contribution >= 0.6 is 27.5 Å². The fourth-order valence-electron chi connectivity index (χ4n) is 1.85. The molecule has 1 aromatic rings. The van der Waals surface area contributed by atoms with E-state index in [0.29, 0.717) is 16.5 Å². The Kier molecular flexibility index (Phi) is 3.99. The van der Waals surface area contributed by atoms with Gasteiger partial charge in [-0.25, -0.2) is 4.79 Å². The second-order valence-electron chi connectivity index (χ2n) is 4.88. The third kappa shape index (κ3) is 2.87. The monoisotopic (exact) mass is 331 g/mol. The molecule has 1 aromatic carbocycles. The predicted molar refractivity (Wildman–Crippen MR) is 74.9 cm³/mol. The minimum atomic E-state index is -1.14.